The molecule has 0 fully saturated rings. The molecule has 0 atom stereocenters. The van der Waals surface area contributed by atoms with Gasteiger partial charge in [-0.3, -0.25) is 4.79 Å². The largest absolute Gasteiger partial charge is 0.398 e. The molecule has 0 aliphatic heterocycles. The zero-order chi connectivity index (χ0) is 25.1. The van der Waals surface area contributed by atoms with Crippen LogP contribution in [0.3, 0.4) is 0 Å². The number of carbonyl (C=O) groups excluding carboxylic acids is 1. The van der Waals surface area contributed by atoms with Gasteiger partial charge in [0.05, 0.1) is 16.3 Å². The minimum atomic E-state index is -0.417. The molecule has 9 nitrogen and oxygen atoms in total. The molecule has 6 N–H and O–H groups in total. The van der Waals surface area contributed by atoms with E-state index in [9.17, 15) is 4.79 Å². The number of pyridine rings is 1. The molecule has 0 spiro atoms. The number of anilines is 4. The monoisotopic (exact) mass is 480 g/mol. The summed E-state index contributed by atoms with van der Waals surface area (Å²) in [5.41, 5.74) is 7.46. The van der Waals surface area contributed by atoms with Gasteiger partial charge in [0.2, 0.25) is 0 Å². The van der Waals surface area contributed by atoms with Crippen molar-refractivity contribution >= 4 is 52.9 Å². The number of nitrogen functional groups attached to an aromatic ring is 1. The van der Waals surface area contributed by atoms with Crippen LogP contribution in [0.25, 0.3) is 5.82 Å². The SMILES string of the molecule is C/C=C(\C=N)C(=O)Nc1cccc(-n2ccc(Nc3ccc(N)c(C=N)c3Cl)n2)n1.CCCC. The van der Waals surface area contributed by atoms with Crippen molar-refractivity contribution in [3.05, 3.63) is 64.8 Å². The number of nitrogens with two attached hydrogens (primary N) is 1. The Morgan fingerprint density at radius 1 is 1.15 bits per heavy atom. The minimum Gasteiger partial charge on any atom is -0.398 e. The number of allylic oxidation sites excluding steroid dienone is 1. The second-order valence-corrected chi connectivity index (χ2v) is 7.45. The lowest BCUT2D eigenvalue weighted by molar-refractivity contribution is -0.112. The Bertz CT molecular complexity index is 1180. The van der Waals surface area contributed by atoms with Crippen LogP contribution in [0.15, 0.2) is 54.2 Å². The van der Waals surface area contributed by atoms with Crippen LogP contribution in [0.1, 0.15) is 39.2 Å². The number of halogens is 1. The number of nitrogens with one attached hydrogen (secondary N) is 4. The van der Waals surface area contributed by atoms with Gasteiger partial charge in [-0.05, 0) is 31.2 Å². The van der Waals surface area contributed by atoms with Crippen molar-refractivity contribution in [2.24, 2.45) is 0 Å². The molecular formula is C24H29ClN8O. The second kappa shape index (κ2) is 12.9. The van der Waals surface area contributed by atoms with Gasteiger partial charge >= 0.3 is 0 Å². The first-order valence-corrected chi connectivity index (χ1v) is 11.1. The van der Waals surface area contributed by atoms with Crippen LogP contribution in [-0.2, 0) is 4.79 Å². The van der Waals surface area contributed by atoms with Crippen molar-refractivity contribution in [3.8, 4) is 5.82 Å². The van der Waals surface area contributed by atoms with Gasteiger partial charge in [0, 0.05) is 35.9 Å². The number of hydrogen-bond donors (Lipinski definition) is 5. The zero-order valence-electron chi connectivity index (χ0n) is 19.4. The van der Waals surface area contributed by atoms with Gasteiger partial charge in [0.15, 0.2) is 11.6 Å². The molecule has 1 aromatic carbocycles. The van der Waals surface area contributed by atoms with E-state index in [1.807, 2.05) is 0 Å². The predicted octanol–water partition coefficient (Wildman–Crippen LogP) is 5.58. The van der Waals surface area contributed by atoms with Crippen LogP contribution in [0.2, 0.25) is 5.02 Å². The zero-order valence-corrected chi connectivity index (χ0v) is 20.1. The molecule has 34 heavy (non-hydrogen) atoms. The third kappa shape index (κ3) is 6.76. The van der Waals surface area contributed by atoms with Crippen molar-refractivity contribution in [1.82, 2.24) is 14.8 Å². The molecule has 0 radical (unpaired) electrons. The summed E-state index contributed by atoms with van der Waals surface area (Å²) < 4.78 is 1.54. The fourth-order valence-corrected chi connectivity index (χ4v) is 2.87. The van der Waals surface area contributed by atoms with Crippen LogP contribution in [0.4, 0.5) is 23.0 Å². The minimum absolute atomic E-state index is 0.234. The van der Waals surface area contributed by atoms with Gasteiger partial charge in [-0.2, -0.15) is 0 Å². The molecule has 178 valence electrons. The average molecular weight is 481 g/mol. The van der Waals surface area contributed by atoms with E-state index in [0.29, 0.717) is 39.4 Å². The van der Waals surface area contributed by atoms with Crippen molar-refractivity contribution in [1.29, 1.82) is 10.8 Å². The fourth-order valence-electron chi connectivity index (χ4n) is 2.60. The molecule has 0 bridgehead atoms. The lowest BCUT2D eigenvalue weighted by atomic mass is 10.1. The van der Waals surface area contributed by atoms with E-state index < -0.39 is 5.91 Å². The second-order valence-electron chi connectivity index (χ2n) is 7.07. The van der Waals surface area contributed by atoms with E-state index in [1.54, 1.807) is 55.6 Å². The van der Waals surface area contributed by atoms with Crippen molar-refractivity contribution in [2.75, 3.05) is 16.4 Å². The lowest BCUT2D eigenvalue weighted by Crippen LogP contribution is -2.16. The van der Waals surface area contributed by atoms with E-state index in [0.717, 1.165) is 12.4 Å². The summed E-state index contributed by atoms with van der Waals surface area (Å²) in [5, 5.41) is 25.2. The van der Waals surface area contributed by atoms with E-state index in [4.69, 9.17) is 28.2 Å². The Morgan fingerprint density at radius 3 is 2.50 bits per heavy atom. The quantitative estimate of drug-likeness (QED) is 0.162. The van der Waals surface area contributed by atoms with Gasteiger partial charge < -0.3 is 27.2 Å². The van der Waals surface area contributed by atoms with Crippen LogP contribution in [0.5, 0.6) is 0 Å². The molecule has 0 saturated carbocycles. The van der Waals surface area contributed by atoms with Crippen molar-refractivity contribution in [2.45, 2.75) is 33.6 Å². The van der Waals surface area contributed by atoms with Crippen LogP contribution < -0.4 is 16.4 Å². The molecule has 2 heterocycles. The molecule has 0 aliphatic rings. The lowest BCUT2D eigenvalue weighted by Gasteiger charge is -2.10. The third-order valence-electron chi connectivity index (χ3n) is 4.65. The maximum Gasteiger partial charge on any atom is 0.258 e. The molecule has 3 rings (SSSR count). The number of rotatable bonds is 8. The fraction of sp³-hybridized carbons (Fsp3) is 0.208. The predicted molar refractivity (Wildman–Crippen MR) is 140 cm³/mol. The van der Waals surface area contributed by atoms with E-state index in [2.05, 4.69) is 34.6 Å². The Balaban J connectivity index is 0.000000945. The number of nitrogens with zero attached hydrogens (tertiary/aromatic N) is 3. The number of unbranched alkanes of at least 4 members (excludes halogenated alkanes) is 1. The van der Waals surface area contributed by atoms with Gasteiger partial charge in [-0.25, -0.2) is 9.67 Å². The summed E-state index contributed by atoms with van der Waals surface area (Å²) in [5.74, 6) is 0.913. The highest BCUT2D eigenvalue weighted by Gasteiger charge is 2.11. The first-order valence-electron chi connectivity index (χ1n) is 10.7. The Hall–Kier alpha value is -3.98. The Labute approximate surface area is 204 Å². The molecule has 10 heteroatoms. The first kappa shape index (κ1) is 26.3. The molecule has 0 unspecified atom stereocenters. The molecule has 2 aromatic heterocycles. The van der Waals surface area contributed by atoms with Crippen LogP contribution >= 0.6 is 11.6 Å². The molecular weight excluding hydrogens is 452 g/mol. The number of benzene rings is 1. The van der Waals surface area contributed by atoms with Crippen LogP contribution in [0, 0.1) is 10.8 Å². The van der Waals surface area contributed by atoms with Gasteiger partial charge in [0.1, 0.15) is 5.82 Å². The van der Waals surface area contributed by atoms with E-state index >= 15 is 0 Å². The summed E-state index contributed by atoms with van der Waals surface area (Å²) in [6.45, 7) is 6.04. The standard InChI is InChI=1S/C20H19ClN8O.C4H10/c1-2-12(10-22)20(30)27-16-4-3-5-18(26-16)29-9-8-17(28-29)25-15-7-6-14(24)13(11-23)19(15)21;1-3-4-2/h2-11,22-23H,24H2,1H3,(H,25,28)(H,26,27,30);3-4H2,1-2H3/b12-2+,22-10?,23-11?;. The topological polar surface area (TPSA) is 146 Å². The maximum absolute atomic E-state index is 12.1. The highest BCUT2D eigenvalue weighted by atomic mass is 35.5. The Morgan fingerprint density at radius 2 is 1.88 bits per heavy atom. The van der Waals surface area contributed by atoms with Crippen LogP contribution in [-0.4, -0.2) is 33.1 Å². The summed E-state index contributed by atoms with van der Waals surface area (Å²) in [6.07, 6.45) is 7.97. The summed E-state index contributed by atoms with van der Waals surface area (Å²) in [7, 11) is 0. The third-order valence-corrected chi connectivity index (χ3v) is 5.06. The van der Waals surface area contributed by atoms with E-state index in [1.165, 1.54) is 17.5 Å². The molecule has 3 aromatic rings. The number of aromatic nitrogens is 3. The normalized spacial score (nSPS) is 10.6. The molecule has 1 amide bonds. The maximum atomic E-state index is 12.1. The number of carbonyl (C=O) groups is 1. The number of hydrogen-bond acceptors (Lipinski definition) is 7. The van der Waals surface area contributed by atoms with Crippen molar-refractivity contribution in [3.63, 3.8) is 0 Å². The van der Waals surface area contributed by atoms with Gasteiger partial charge in [-0.1, -0.05) is 50.4 Å². The highest BCUT2D eigenvalue weighted by Crippen LogP contribution is 2.31. The van der Waals surface area contributed by atoms with E-state index in [-0.39, 0.29) is 5.57 Å². The van der Waals surface area contributed by atoms with Gasteiger partial charge in [0.25, 0.3) is 5.91 Å². The number of amides is 1. The summed E-state index contributed by atoms with van der Waals surface area (Å²) in [6, 6.07) is 10.2. The van der Waals surface area contributed by atoms with Crippen molar-refractivity contribution < 1.29 is 4.79 Å². The molecule has 0 saturated heterocycles. The summed E-state index contributed by atoms with van der Waals surface area (Å²) in [4.78, 5) is 16.5. The molecule has 0 aliphatic carbocycles. The first-order chi connectivity index (χ1) is 16.4. The highest BCUT2D eigenvalue weighted by molar-refractivity contribution is 6.36. The van der Waals surface area contributed by atoms with Gasteiger partial charge in [-0.15, -0.1) is 5.10 Å². The Kier molecular flexibility index (Phi) is 9.97. The smallest absolute Gasteiger partial charge is 0.258 e. The average Bonchev–Trinajstić information content (AvgIpc) is 3.31. The summed E-state index contributed by atoms with van der Waals surface area (Å²) >= 11 is 6.31.